The number of nitrogens with zero attached hydrogens (tertiary/aromatic N) is 2. The van der Waals surface area contributed by atoms with E-state index in [0.29, 0.717) is 18.1 Å². The van der Waals surface area contributed by atoms with Crippen molar-refractivity contribution >= 4 is 27.3 Å². The van der Waals surface area contributed by atoms with E-state index < -0.39 is 21.8 Å². The SMILES string of the molecule is O=S(=O)(c1ccc(C(F)(F)F)cc1)N1CCN(c2ccccc2Cl)CC1. The molecule has 2 aromatic rings. The predicted octanol–water partition coefficient (Wildman–Crippen LogP) is 3.87. The van der Waals surface area contributed by atoms with Gasteiger partial charge in [0.25, 0.3) is 0 Å². The second-order valence-electron chi connectivity index (χ2n) is 5.86. The van der Waals surface area contributed by atoms with Gasteiger partial charge in [-0.2, -0.15) is 17.5 Å². The van der Waals surface area contributed by atoms with Crippen molar-refractivity contribution < 1.29 is 21.6 Å². The molecule has 0 bridgehead atoms. The maximum absolute atomic E-state index is 12.7. The van der Waals surface area contributed by atoms with E-state index in [-0.39, 0.29) is 18.0 Å². The molecule has 0 aromatic heterocycles. The standard InChI is InChI=1S/C17H16ClF3N2O2S/c18-15-3-1-2-4-16(15)22-9-11-23(12-10-22)26(24,25)14-7-5-13(6-8-14)17(19,20)21/h1-8H,9-12H2. The largest absolute Gasteiger partial charge is 0.416 e. The highest BCUT2D eigenvalue weighted by molar-refractivity contribution is 7.89. The molecule has 1 heterocycles. The Morgan fingerprint density at radius 3 is 2.00 bits per heavy atom. The van der Waals surface area contributed by atoms with Crippen molar-refractivity contribution in [2.24, 2.45) is 0 Å². The molecule has 9 heteroatoms. The lowest BCUT2D eigenvalue weighted by atomic mass is 10.2. The van der Waals surface area contributed by atoms with Crippen LogP contribution in [0.4, 0.5) is 18.9 Å². The third kappa shape index (κ3) is 3.82. The number of anilines is 1. The number of rotatable bonds is 3. The minimum atomic E-state index is -4.50. The molecule has 1 saturated heterocycles. The smallest absolute Gasteiger partial charge is 0.368 e. The van der Waals surface area contributed by atoms with E-state index in [1.165, 1.54) is 4.31 Å². The van der Waals surface area contributed by atoms with Crippen LogP contribution in [0.3, 0.4) is 0 Å². The fourth-order valence-corrected chi connectivity index (χ4v) is 4.52. The Morgan fingerprint density at radius 1 is 0.885 bits per heavy atom. The Balaban J connectivity index is 1.73. The minimum absolute atomic E-state index is 0.142. The Hall–Kier alpha value is -1.77. The zero-order chi connectivity index (χ0) is 18.9. The van der Waals surface area contributed by atoms with Crippen LogP contribution in [0.5, 0.6) is 0 Å². The van der Waals surface area contributed by atoms with Crippen molar-refractivity contribution in [3.63, 3.8) is 0 Å². The van der Waals surface area contributed by atoms with Crippen molar-refractivity contribution in [3.05, 3.63) is 59.1 Å². The van der Waals surface area contributed by atoms with Gasteiger partial charge in [0.15, 0.2) is 0 Å². The second kappa shape index (κ2) is 7.09. The van der Waals surface area contributed by atoms with E-state index in [2.05, 4.69) is 0 Å². The second-order valence-corrected chi connectivity index (χ2v) is 8.21. The van der Waals surface area contributed by atoms with E-state index in [0.717, 1.165) is 30.0 Å². The third-order valence-corrected chi connectivity index (χ3v) is 6.48. The molecule has 1 aliphatic rings. The summed E-state index contributed by atoms with van der Waals surface area (Å²) in [7, 11) is -3.83. The molecule has 0 radical (unpaired) electrons. The first-order valence-electron chi connectivity index (χ1n) is 7.86. The van der Waals surface area contributed by atoms with Crippen LogP contribution in [0.2, 0.25) is 5.02 Å². The zero-order valence-corrected chi connectivity index (χ0v) is 15.2. The average Bonchev–Trinajstić information content (AvgIpc) is 2.62. The number of alkyl halides is 3. The van der Waals surface area contributed by atoms with Gasteiger partial charge in [-0.05, 0) is 36.4 Å². The number of para-hydroxylation sites is 1. The highest BCUT2D eigenvalue weighted by Gasteiger charge is 2.32. The van der Waals surface area contributed by atoms with Gasteiger partial charge in [0.2, 0.25) is 10.0 Å². The Bertz CT molecular complexity index is 878. The molecular weight excluding hydrogens is 389 g/mol. The van der Waals surface area contributed by atoms with E-state index in [4.69, 9.17) is 11.6 Å². The molecule has 0 N–H and O–H groups in total. The average molecular weight is 405 g/mol. The molecule has 0 spiro atoms. The van der Waals surface area contributed by atoms with Gasteiger partial charge < -0.3 is 4.90 Å². The van der Waals surface area contributed by atoms with Gasteiger partial charge in [0, 0.05) is 26.2 Å². The number of benzene rings is 2. The fraction of sp³-hybridized carbons (Fsp3) is 0.294. The summed E-state index contributed by atoms with van der Waals surface area (Å²) in [6.07, 6.45) is -4.50. The number of piperazine rings is 1. The molecular formula is C17H16ClF3N2O2S. The van der Waals surface area contributed by atoms with E-state index in [1.807, 2.05) is 23.1 Å². The lowest BCUT2D eigenvalue weighted by Crippen LogP contribution is -2.48. The first kappa shape index (κ1) is 19.0. The van der Waals surface area contributed by atoms with Crippen molar-refractivity contribution in [2.75, 3.05) is 31.1 Å². The van der Waals surface area contributed by atoms with Gasteiger partial charge in [0.1, 0.15) is 0 Å². The summed E-state index contributed by atoms with van der Waals surface area (Å²) in [5, 5.41) is 0.589. The van der Waals surface area contributed by atoms with Crippen LogP contribution >= 0.6 is 11.6 Å². The van der Waals surface area contributed by atoms with Gasteiger partial charge in [-0.1, -0.05) is 23.7 Å². The van der Waals surface area contributed by atoms with Crippen LogP contribution in [0.25, 0.3) is 0 Å². The summed E-state index contributed by atoms with van der Waals surface area (Å²) in [5.41, 5.74) is -0.0410. The van der Waals surface area contributed by atoms with Gasteiger partial charge in [0.05, 0.1) is 21.2 Å². The number of hydrogen-bond donors (Lipinski definition) is 0. The normalized spacial score (nSPS) is 16.7. The first-order valence-corrected chi connectivity index (χ1v) is 9.68. The Labute approximate surface area is 154 Å². The third-order valence-electron chi connectivity index (χ3n) is 4.25. The molecule has 0 unspecified atom stereocenters. The van der Waals surface area contributed by atoms with Crippen LogP contribution in [-0.4, -0.2) is 38.9 Å². The van der Waals surface area contributed by atoms with Crippen molar-refractivity contribution in [1.29, 1.82) is 0 Å². The van der Waals surface area contributed by atoms with Crippen LogP contribution in [0.15, 0.2) is 53.4 Å². The predicted molar refractivity (Wildman–Crippen MR) is 93.9 cm³/mol. The van der Waals surface area contributed by atoms with Crippen molar-refractivity contribution in [1.82, 2.24) is 4.31 Å². The summed E-state index contributed by atoms with van der Waals surface area (Å²) < 4.78 is 64.5. The van der Waals surface area contributed by atoms with E-state index in [9.17, 15) is 21.6 Å². The van der Waals surface area contributed by atoms with Gasteiger partial charge in [-0.15, -0.1) is 0 Å². The Kier molecular flexibility index (Phi) is 5.18. The lowest BCUT2D eigenvalue weighted by Gasteiger charge is -2.35. The molecule has 26 heavy (non-hydrogen) atoms. The number of sulfonamides is 1. The van der Waals surface area contributed by atoms with Gasteiger partial charge in [-0.3, -0.25) is 0 Å². The molecule has 4 nitrogen and oxygen atoms in total. The lowest BCUT2D eigenvalue weighted by molar-refractivity contribution is -0.137. The number of hydrogen-bond acceptors (Lipinski definition) is 3. The summed E-state index contributed by atoms with van der Waals surface area (Å²) in [6, 6.07) is 10.9. The highest BCUT2D eigenvalue weighted by Crippen LogP contribution is 2.31. The molecule has 0 saturated carbocycles. The molecule has 0 amide bonds. The maximum Gasteiger partial charge on any atom is 0.416 e. The summed E-state index contributed by atoms with van der Waals surface area (Å²) in [5.74, 6) is 0. The minimum Gasteiger partial charge on any atom is -0.368 e. The van der Waals surface area contributed by atoms with Crippen molar-refractivity contribution in [3.8, 4) is 0 Å². The van der Waals surface area contributed by atoms with Crippen LogP contribution in [0, 0.1) is 0 Å². The first-order chi connectivity index (χ1) is 12.2. The summed E-state index contributed by atoms with van der Waals surface area (Å²) >= 11 is 6.17. The molecule has 0 atom stereocenters. The van der Waals surface area contributed by atoms with Crippen LogP contribution < -0.4 is 4.90 Å². The highest BCUT2D eigenvalue weighted by atomic mass is 35.5. The Morgan fingerprint density at radius 2 is 1.46 bits per heavy atom. The monoisotopic (exact) mass is 404 g/mol. The van der Waals surface area contributed by atoms with Gasteiger partial charge in [-0.25, -0.2) is 8.42 Å². The topological polar surface area (TPSA) is 40.6 Å². The molecule has 140 valence electrons. The molecule has 1 aliphatic heterocycles. The molecule has 3 rings (SSSR count). The molecule has 2 aromatic carbocycles. The molecule has 0 aliphatic carbocycles. The maximum atomic E-state index is 12.7. The van der Waals surface area contributed by atoms with Crippen LogP contribution in [0.1, 0.15) is 5.56 Å². The number of halogens is 4. The quantitative estimate of drug-likeness (QED) is 0.779. The summed E-state index contributed by atoms with van der Waals surface area (Å²) in [6.45, 7) is 1.36. The zero-order valence-electron chi connectivity index (χ0n) is 13.6. The van der Waals surface area contributed by atoms with E-state index in [1.54, 1.807) is 6.07 Å². The molecule has 1 fully saturated rings. The van der Waals surface area contributed by atoms with Gasteiger partial charge >= 0.3 is 6.18 Å². The summed E-state index contributed by atoms with van der Waals surface area (Å²) in [4.78, 5) is 1.85. The van der Waals surface area contributed by atoms with Crippen LogP contribution in [-0.2, 0) is 16.2 Å². The fourth-order valence-electron chi connectivity index (χ4n) is 2.84. The van der Waals surface area contributed by atoms with Crippen molar-refractivity contribution in [2.45, 2.75) is 11.1 Å². The van der Waals surface area contributed by atoms with E-state index >= 15 is 0 Å².